The van der Waals surface area contributed by atoms with Gasteiger partial charge in [0.05, 0.1) is 5.56 Å². The van der Waals surface area contributed by atoms with E-state index in [1.807, 2.05) is 12.1 Å². The fraction of sp³-hybridized carbons (Fsp3) is 0.625. The first-order valence-corrected chi connectivity index (χ1v) is 7.91. The molecule has 0 saturated carbocycles. The monoisotopic (exact) mass is 288 g/mol. The standard InChI is InChI=1S/C16H24N4O/c1-11(2)19-15-14(4-3-8-18-15)16(21)20-12-5-6-13(20)10-17-9-7-12/h3-4,8,11-13,17H,5-7,9-10H2,1-2H3,(H,18,19). The summed E-state index contributed by atoms with van der Waals surface area (Å²) in [4.78, 5) is 19.5. The van der Waals surface area contributed by atoms with E-state index in [0.717, 1.165) is 32.4 Å². The lowest BCUT2D eigenvalue weighted by atomic mass is 10.1. The predicted octanol–water partition coefficient (Wildman–Crippen LogP) is 1.87. The molecule has 2 fully saturated rings. The third-order valence-electron chi connectivity index (χ3n) is 4.35. The number of fused-ring (bicyclic) bond motifs is 2. The summed E-state index contributed by atoms with van der Waals surface area (Å²) in [7, 11) is 0. The normalized spacial score (nSPS) is 25.0. The number of rotatable bonds is 3. The minimum Gasteiger partial charge on any atom is -0.367 e. The Morgan fingerprint density at radius 3 is 3.00 bits per heavy atom. The maximum Gasteiger partial charge on any atom is 0.258 e. The number of nitrogens with one attached hydrogen (secondary N) is 2. The Morgan fingerprint density at radius 2 is 2.19 bits per heavy atom. The Morgan fingerprint density at radius 1 is 1.38 bits per heavy atom. The molecule has 0 radical (unpaired) electrons. The average Bonchev–Trinajstić information content (AvgIpc) is 2.71. The van der Waals surface area contributed by atoms with Crippen molar-refractivity contribution >= 4 is 11.7 Å². The summed E-state index contributed by atoms with van der Waals surface area (Å²) < 4.78 is 0. The number of carbonyl (C=O) groups is 1. The molecule has 3 heterocycles. The molecular formula is C16H24N4O. The highest BCUT2D eigenvalue weighted by Crippen LogP contribution is 2.30. The van der Waals surface area contributed by atoms with Crippen LogP contribution in [0.3, 0.4) is 0 Å². The second-order valence-electron chi connectivity index (χ2n) is 6.29. The molecule has 1 amide bonds. The van der Waals surface area contributed by atoms with Crippen molar-refractivity contribution in [2.45, 2.75) is 51.2 Å². The highest BCUT2D eigenvalue weighted by Gasteiger charge is 2.39. The number of hydrogen-bond acceptors (Lipinski definition) is 4. The molecule has 0 spiro atoms. The van der Waals surface area contributed by atoms with Crippen molar-refractivity contribution in [2.75, 3.05) is 18.4 Å². The fourth-order valence-electron chi connectivity index (χ4n) is 3.42. The third-order valence-corrected chi connectivity index (χ3v) is 4.35. The number of aromatic nitrogens is 1. The predicted molar refractivity (Wildman–Crippen MR) is 83.5 cm³/mol. The quantitative estimate of drug-likeness (QED) is 0.891. The topological polar surface area (TPSA) is 57.3 Å². The smallest absolute Gasteiger partial charge is 0.258 e. The van der Waals surface area contributed by atoms with Crippen LogP contribution in [-0.2, 0) is 0 Å². The van der Waals surface area contributed by atoms with Crippen LogP contribution in [0.4, 0.5) is 5.82 Å². The van der Waals surface area contributed by atoms with Gasteiger partial charge in [-0.3, -0.25) is 4.79 Å². The van der Waals surface area contributed by atoms with Gasteiger partial charge in [0.1, 0.15) is 5.82 Å². The molecule has 2 aliphatic heterocycles. The van der Waals surface area contributed by atoms with Gasteiger partial charge in [-0.25, -0.2) is 4.98 Å². The molecule has 0 aromatic carbocycles. The van der Waals surface area contributed by atoms with Crippen LogP contribution < -0.4 is 10.6 Å². The minimum atomic E-state index is 0.127. The molecule has 0 aliphatic carbocycles. The van der Waals surface area contributed by atoms with E-state index in [4.69, 9.17) is 0 Å². The first-order valence-electron chi connectivity index (χ1n) is 7.91. The second-order valence-corrected chi connectivity index (χ2v) is 6.29. The van der Waals surface area contributed by atoms with Crippen molar-refractivity contribution in [2.24, 2.45) is 0 Å². The van der Waals surface area contributed by atoms with Gasteiger partial charge in [0.25, 0.3) is 5.91 Å². The van der Waals surface area contributed by atoms with E-state index in [-0.39, 0.29) is 11.9 Å². The highest BCUT2D eigenvalue weighted by atomic mass is 16.2. The van der Waals surface area contributed by atoms with Crippen LogP contribution in [-0.4, -0.2) is 47.0 Å². The Labute approximate surface area is 126 Å². The second kappa shape index (κ2) is 6.02. The van der Waals surface area contributed by atoms with Gasteiger partial charge in [0.15, 0.2) is 0 Å². The lowest BCUT2D eigenvalue weighted by molar-refractivity contribution is 0.0681. The molecule has 114 valence electrons. The maximum atomic E-state index is 13.0. The lowest BCUT2D eigenvalue weighted by Crippen LogP contribution is -2.42. The van der Waals surface area contributed by atoms with E-state index in [1.165, 1.54) is 0 Å². The molecule has 2 saturated heterocycles. The van der Waals surface area contributed by atoms with Gasteiger partial charge in [-0.05, 0) is 51.8 Å². The van der Waals surface area contributed by atoms with Crippen molar-refractivity contribution < 1.29 is 4.79 Å². The van der Waals surface area contributed by atoms with Gasteiger partial charge in [-0.1, -0.05) is 0 Å². The van der Waals surface area contributed by atoms with Crippen LogP contribution in [0.5, 0.6) is 0 Å². The first kappa shape index (κ1) is 14.3. The number of anilines is 1. The molecular weight excluding hydrogens is 264 g/mol. The van der Waals surface area contributed by atoms with Crippen molar-refractivity contribution in [3.63, 3.8) is 0 Å². The Balaban J connectivity index is 1.88. The highest BCUT2D eigenvalue weighted by molar-refractivity contribution is 5.99. The molecule has 3 rings (SSSR count). The summed E-state index contributed by atoms with van der Waals surface area (Å²) in [5.74, 6) is 0.830. The van der Waals surface area contributed by atoms with Gasteiger partial charge in [0.2, 0.25) is 0 Å². The van der Waals surface area contributed by atoms with E-state index in [2.05, 4.69) is 34.4 Å². The zero-order valence-electron chi connectivity index (χ0n) is 12.8. The first-order chi connectivity index (χ1) is 10.2. The van der Waals surface area contributed by atoms with Crippen LogP contribution in [0.1, 0.15) is 43.5 Å². The van der Waals surface area contributed by atoms with Gasteiger partial charge in [0, 0.05) is 30.9 Å². The van der Waals surface area contributed by atoms with Crippen molar-refractivity contribution in [3.8, 4) is 0 Å². The summed E-state index contributed by atoms with van der Waals surface area (Å²) in [5, 5.41) is 6.72. The lowest BCUT2D eigenvalue weighted by Gasteiger charge is -2.28. The van der Waals surface area contributed by atoms with Crippen molar-refractivity contribution in [3.05, 3.63) is 23.9 Å². The summed E-state index contributed by atoms with van der Waals surface area (Å²) in [6, 6.07) is 4.70. The van der Waals surface area contributed by atoms with Crippen LogP contribution in [0, 0.1) is 0 Å². The number of pyridine rings is 1. The van der Waals surface area contributed by atoms with Gasteiger partial charge >= 0.3 is 0 Å². The molecule has 2 aliphatic rings. The molecule has 2 bridgehead atoms. The molecule has 2 unspecified atom stereocenters. The zero-order valence-corrected chi connectivity index (χ0v) is 12.8. The SMILES string of the molecule is CC(C)Nc1ncccc1C(=O)N1C2CCNCC1CC2. The van der Waals surface area contributed by atoms with Gasteiger partial charge < -0.3 is 15.5 Å². The Bertz CT molecular complexity index is 503. The molecule has 1 aromatic rings. The molecule has 2 atom stereocenters. The van der Waals surface area contributed by atoms with E-state index < -0.39 is 0 Å². The van der Waals surface area contributed by atoms with Crippen LogP contribution in [0.15, 0.2) is 18.3 Å². The van der Waals surface area contributed by atoms with Crippen molar-refractivity contribution in [1.82, 2.24) is 15.2 Å². The van der Waals surface area contributed by atoms with Crippen LogP contribution in [0.2, 0.25) is 0 Å². The molecule has 5 heteroatoms. The molecule has 5 nitrogen and oxygen atoms in total. The third kappa shape index (κ3) is 2.88. The maximum absolute atomic E-state index is 13.0. The average molecular weight is 288 g/mol. The zero-order chi connectivity index (χ0) is 14.8. The fourth-order valence-corrected chi connectivity index (χ4v) is 3.42. The van der Waals surface area contributed by atoms with Gasteiger partial charge in [-0.15, -0.1) is 0 Å². The van der Waals surface area contributed by atoms with Crippen molar-refractivity contribution in [1.29, 1.82) is 0 Å². The largest absolute Gasteiger partial charge is 0.367 e. The molecule has 21 heavy (non-hydrogen) atoms. The minimum absolute atomic E-state index is 0.127. The summed E-state index contributed by atoms with van der Waals surface area (Å²) in [5.41, 5.74) is 0.699. The Kier molecular flexibility index (Phi) is 4.10. The molecule has 2 N–H and O–H groups in total. The number of carbonyl (C=O) groups excluding carboxylic acids is 1. The number of hydrogen-bond donors (Lipinski definition) is 2. The summed E-state index contributed by atoms with van der Waals surface area (Å²) >= 11 is 0. The van der Waals surface area contributed by atoms with E-state index in [9.17, 15) is 4.79 Å². The number of amides is 1. The van der Waals surface area contributed by atoms with Gasteiger partial charge in [-0.2, -0.15) is 0 Å². The van der Waals surface area contributed by atoms with E-state index in [0.29, 0.717) is 23.5 Å². The summed E-state index contributed by atoms with van der Waals surface area (Å²) in [6.45, 7) is 6.04. The molecule has 1 aromatic heterocycles. The summed E-state index contributed by atoms with van der Waals surface area (Å²) in [6.07, 6.45) is 5.03. The van der Waals surface area contributed by atoms with E-state index in [1.54, 1.807) is 6.20 Å². The van der Waals surface area contributed by atoms with Crippen LogP contribution in [0.25, 0.3) is 0 Å². The Hall–Kier alpha value is -1.62. The van der Waals surface area contributed by atoms with E-state index >= 15 is 0 Å². The van der Waals surface area contributed by atoms with Crippen LogP contribution >= 0.6 is 0 Å². The number of nitrogens with zero attached hydrogens (tertiary/aromatic N) is 2.